The second kappa shape index (κ2) is 3.71. The standard InChI is InChI=1S/C9H7N2O2/c1-4-12-7-9(1)13-6-8-5-10-2-3-11-8/h1-5H,6H2. The molecule has 0 aliphatic carbocycles. The van der Waals surface area contributed by atoms with Gasteiger partial charge in [0.25, 0.3) is 0 Å². The third-order valence-electron chi connectivity index (χ3n) is 1.44. The number of ether oxygens (including phenoxy) is 1. The Kier molecular flexibility index (Phi) is 2.22. The predicted molar refractivity (Wildman–Crippen MR) is 43.9 cm³/mol. The number of hydrogen-bond donors (Lipinski definition) is 0. The summed E-state index contributed by atoms with van der Waals surface area (Å²) < 4.78 is 10.00. The molecule has 0 saturated heterocycles. The van der Waals surface area contributed by atoms with E-state index in [-0.39, 0.29) is 0 Å². The highest BCUT2D eigenvalue weighted by Gasteiger charge is 1.97. The minimum atomic E-state index is 0.379. The highest BCUT2D eigenvalue weighted by atomic mass is 16.5. The van der Waals surface area contributed by atoms with Gasteiger partial charge < -0.3 is 9.15 Å². The van der Waals surface area contributed by atoms with Gasteiger partial charge in [0.1, 0.15) is 6.61 Å². The van der Waals surface area contributed by atoms with Crippen molar-refractivity contribution >= 4 is 0 Å². The van der Waals surface area contributed by atoms with E-state index in [1.54, 1.807) is 24.7 Å². The van der Waals surface area contributed by atoms with Crippen LogP contribution >= 0.6 is 0 Å². The Morgan fingerprint density at radius 1 is 1.46 bits per heavy atom. The minimum Gasteiger partial charge on any atom is -0.483 e. The maximum atomic E-state index is 5.28. The van der Waals surface area contributed by atoms with Crippen LogP contribution in [0.5, 0.6) is 5.75 Å². The number of rotatable bonds is 3. The van der Waals surface area contributed by atoms with E-state index < -0.39 is 0 Å². The monoisotopic (exact) mass is 175 g/mol. The largest absolute Gasteiger partial charge is 0.483 e. The van der Waals surface area contributed by atoms with Gasteiger partial charge in [-0.15, -0.1) is 0 Å². The van der Waals surface area contributed by atoms with Crippen molar-refractivity contribution in [1.82, 2.24) is 9.97 Å². The molecule has 0 atom stereocenters. The predicted octanol–water partition coefficient (Wildman–Crippen LogP) is 1.45. The van der Waals surface area contributed by atoms with E-state index in [4.69, 9.17) is 9.15 Å². The molecule has 0 spiro atoms. The molecule has 0 bridgehead atoms. The average Bonchev–Trinajstić information content (AvgIpc) is 2.69. The van der Waals surface area contributed by atoms with E-state index in [1.807, 2.05) is 0 Å². The molecule has 0 aliphatic heterocycles. The van der Waals surface area contributed by atoms with E-state index in [0.29, 0.717) is 12.4 Å². The first-order valence-corrected chi connectivity index (χ1v) is 3.78. The number of aromatic nitrogens is 2. The highest BCUT2D eigenvalue weighted by molar-refractivity contribution is 5.11. The lowest BCUT2D eigenvalue weighted by atomic mass is 10.5. The van der Waals surface area contributed by atoms with E-state index in [0.717, 1.165) is 5.69 Å². The van der Waals surface area contributed by atoms with Crippen LogP contribution in [0, 0.1) is 6.26 Å². The Bertz CT molecular complexity index is 345. The summed E-state index contributed by atoms with van der Waals surface area (Å²) in [5.41, 5.74) is 0.775. The van der Waals surface area contributed by atoms with Crippen LogP contribution in [-0.4, -0.2) is 9.97 Å². The summed E-state index contributed by atoms with van der Waals surface area (Å²) in [6.07, 6.45) is 8.96. The smallest absolute Gasteiger partial charge is 0.214 e. The van der Waals surface area contributed by atoms with Crippen molar-refractivity contribution < 1.29 is 9.15 Å². The van der Waals surface area contributed by atoms with Gasteiger partial charge in [0.05, 0.1) is 18.2 Å². The Morgan fingerprint density at radius 3 is 3.15 bits per heavy atom. The van der Waals surface area contributed by atoms with Gasteiger partial charge in [-0.05, 0) is 0 Å². The van der Waals surface area contributed by atoms with Gasteiger partial charge in [0.15, 0.2) is 5.75 Å². The zero-order valence-corrected chi connectivity index (χ0v) is 6.80. The number of furan rings is 1. The fraction of sp³-hybridized carbons (Fsp3) is 0.111. The topological polar surface area (TPSA) is 48.2 Å². The molecule has 0 aliphatic rings. The fourth-order valence-corrected chi connectivity index (χ4v) is 0.856. The van der Waals surface area contributed by atoms with Crippen molar-refractivity contribution in [2.24, 2.45) is 0 Å². The fourth-order valence-electron chi connectivity index (χ4n) is 0.856. The SMILES string of the molecule is [c]1occc1OCc1cnccn1. The Labute approximate surface area is 75.2 Å². The lowest BCUT2D eigenvalue weighted by molar-refractivity contribution is 0.296. The normalized spacial score (nSPS) is 9.85. The molecular weight excluding hydrogens is 168 g/mol. The summed E-state index contributed by atoms with van der Waals surface area (Å²) in [5, 5.41) is 0. The number of nitrogens with zero attached hydrogens (tertiary/aromatic N) is 2. The average molecular weight is 175 g/mol. The van der Waals surface area contributed by atoms with Crippen LogP contribution in [0.4, 0.5) is 0 Å². The van der Waals surface area contributed by atoms with Crippen molar-refractivity contribution in [3.05, 3.63) is 42.9 Å². The molecule has 2 aromatic rings. The molecular formula is C9H7N2O2. The molecule has 1 radical (unpaired) electrons. The van der Waals surface area contributed by atoms with Crippen LogP contribution in [0.25, 0.3) is 0 Å². The van der Waals surface area contributed by atoms with E-state index in [2.05, 4.69) is 16.2 Å². The van der Waals surface area contributed by atoms with Crippen LogP contribution in [0.2, 0.25) is 0 Å². The van der Waals surface area contributed by atoms with Crippen molar-refractivity contribution in [3.63, 3.8) is 0 Å². The summed E-state index contributed by atoms with van der Waals surface area (Å²) >= 11 is 0. The first-order valence-electron chi connectivity index (χ1n) is 3.78. The minimum absolute atomic E-state index is 0.379. The summed E-state index contributed by atoms with van der Waals surface area (Å²) in [7, 11) is 0. The van der Waals surface area contributed by atoms with Gasteiger partial charge in [-0.1, -0.05) is 0 Å². The zero-order chi connectivity index (χ0) is 8.93. The molecule has 4 heteroatoms. The van der Waals surface area contributed by atoms with Crippen molar-refractivity contribution in [2.75, 3.05) is 0 Å². The van der Waals surface area contributed by atoms with Crippen molar-refractivity contribution in [2.45, 2.75) is 6.61 Å². The third kappa shape index (κ3) is 2.05. The van der Waals surface area contributed by atoms with Crippen molar-refractivity contribution in [1.29, 1.82) is 0 Å². The summed E-state index contributed by atoms with van der Waals surface area (Å²) in [6.45, 7) is 0.379. The molecule has 65 valence electrons. The van der Waals surface area contributed by atoms with Gasteiger partial charge in [0, 0.05) is 18.5 Å². The van der Waals surface area contributed by atoms with E-state index >= 15 is 0 Å². The van der Waals surface area contributed by atoms with Gasteiger partial charge in [-0.2, -0.15) is 0 Å². The maximum absolute atomic E-state index is 5.28. The number of hydrogen-bond acceptors (Lipinski definition) is 4. The third-order valence-corrected chi connectivity index (χ3v) is 1.44. The van der Waals surface area contributed by atoms with E-state index in [1.165, 1.54) is 6.26 Å². The molecule has 4 nitrogen and oxygen atoms in total. The summed E-state index contributed by atoms with van der Waals surface area (Å²) in [6, 6.07) is 1.69. The Balaban J connectivity index is 1.94. The molecule has 0 unspecified atom stereocenters. The van der Waals surface area contributed by atoms with Crippen LogP contribution in [0.15, 0.2) is 35.3 Å². The van der Waals surface area contributed by atoms with Gasteiger partial charge in [-0.25, -0.2) is 0 Å². The molecule has 2 rings (SSSR count). The maximum Gasteiger partial charge on any atom is 0.214 e. The molecule has 0 N–H and O–H groups in total. The molecule has 0 saturated carbocycles. The molecule has 0 fully saturated rings. The first-order chi connectivity index (χ1) is 6.45. The molecule has 0 amide bonds. The summed E-state index contributed by atoms with van der Waals surface area (Å²) in [5.74, 6) is 0.575. The second-order valence-corrected chi connectivity index (χ2v) is 2.37. The first kappa shape index (κ1) is 7.79. The quantitative estimate of drug-likeness (QED) is 0.708. The second-order valence-electron chi connectivity index (χ2n) is 2.37. The zero-order valence-electron chi connectivity index (χ0n) is 6.80. The Hall–Kier alpha value is -1.84. The molecule has 2 aromatic heterocycles. The van der Waals surface area contributed by atoms with Crippen LogP contribution in [0.1, 0.15) is 5.69 Å². The van der Waals surface area contributed by atoms with E-state index in [9.17, 15) is 0 Å². The van der Waals surface area contributed by atoms with Crippen LogP contribution < -0.4 is 4.74 Å². The summed E-state index contributed by atoms with van der Waals surface area (Å²) in [4.78, 5) is 7.95. The Morgan fingerprint density at radius 2 is 2.46 bits per heavy atom. The highest BCUT2D eigenvalue weighted by Crippen LogP contribution is 2.10. The van der Waals surface area contributed by atoms with Crippen molar-refractivity contribution in [3.8, 4) is 5.75 Å². The lowest BCUT2D eigenvalue weighted by Crippen LogP contribution is -1.97. The molecule has 13 heavy (non-hydrogen) atoms. The van der Waals surface area contributed by atoms with Gasteiger partial charge in [0.2, 0.25) is 6.26 Å². The molecule has 0 aromatic carbocycles. The lowest BCUT2D eigenvalue weighted by Gasteiger charge is -2.00. The van der Waals surface area contributed by atoms with Crippen LogP contribution in [0.3, 0.4) is 0 Å². The molecule has 2 heterocycles. The van der Waals surface area contributed by atoms with Gasteiger partial charge in [-0.3, -0.25) is 9.97 Å². The van der Waals surface area contributed by atoms with Gasteiger partial charge >= 0.3 is 0 Å². The van der Waals surface area contributed by atoms with Crippen LogP contribution in [-0.2, 0) is 6.61 Å².